The van der Waals surface area contributed by atoms with Gasteiger partial charge in [0, 0.05) is 24.4 Å². The molecule has 0 aromatic carbocycles. The van der Waals surface area contributed by atoms with Gasteiger partial charge in [-0.15, -0.1) is 11.8 Å². The standard InChI is InChI=1S/C15H21N5OS/c1-9-11(7-19(5)18-9)13-10-6-16-20(15(2,3)4)14(10)17-12(21)8-22-13/h6-7,13H,8H2,1-5H3,(H,17,21). The van der Waals surface area contributed by atoms with E-state index in [1.807, 2.05) is 35.7 Å². The van der Waals surface area contributed by atoms with Crippen molar-refractivity contribution in [2.75, 3.05) is 11.1 Å². The van der Waals surface area contributed by atoms with E-state index in [1.165, 1.54) is 0 Å². The van der Waals surface area contributed by atoms with Gasteiger partial charge in [0.2, 0.25) is 5.91 Å². The lowest BCUT2D eigenvalue weighted by Crippen LogP contribution is -2.27. The number of carbonyl (C=O) groups is 1. The van der Waals surface area contributed by atoms with Gasteiger partial charge in [0.25, 0.3) is 0 Å². The number of aromatic nitrogens is 4. The maximum Gasteiger partial charge on any atom is 0.235 e. The fourth-order valence-corrected chi connectivity index (χ4v) is 3.89. The first-order valence-electron chi connectivity index (χ1n) is 7.27. The Labute approximate surface area is 134 Å². The summed E-state index contributed by atoms with van der Waals surface area (Å²) < 4.78 is 3.71. The van der Waals surface area contributed by atoms with E-state index in [0.29, 0.717) is 5.75 Å². The topological polar surface area (TPSA) is 64.7 Å². The van der Waals surface area contributed by atoms with E-state index >= 15 is 0 Å². The molecule has 1 N–H and O–H groups in total. The average molecular weight is 319 g/mol. The van der Waals surface area contributed by atoms with Gasteiger partial charge in [-0.05, 0) is 27.7 Å². The molecule has 7 heteroatoms. The third-order valence-electron chi connectivity index (χ3n) is 3.69. The molecule has 1 amide bonds. The Morgan fingerprint density at radius 2 is 2.09 bits per heavy atom. The van der Waals surface area contributed by atoms with Gasteiger partial charge in [-0.25, -0.2) is 4.68 Å². The summed E-state index contributed by atoms with van der Waals surface area (Å²) >= 11 is 1.62. The highest BCUT2D eigenvalue weighted by Crippen LogP contribution is 2.43. The first-order valence-corrected chi connectivity index (χ1v) is 8.32. The molecule has 0 radical (unpaired) electrons. The third kappa shape index (κ3) is 2.54. The number of rotatable bonds is 1. The van der Waals surface area contributed by atoms with Crippen LogP contribution < -0.4 is 5.32 Å². The molecule has 1 aliphatic heterocycles. The molecule has 0 saturated carbocycles. The number of nitrogens with zero attached hydrogens (tertiary/aromatic N) is 4. The number of aryl methyl sites for hydroxylation is 2. The van der Waals surface area contributed by atoms with Crippen LogP contribution in [0.2, 0.25) is 0 Å². The summed E-state index contributed by atoms with van der Waals surface area (Å²) in [4.78, 5) is 12.1. The molecule has 0 spiro atoms. The lowest BCUT2D eigenvalue weighted by Gasteiger charge is -2.23. The summed E-state index contributed by atoms with van der Waals surface area (Å²) in [6.45, 7) is 8.24. The summed E-state index contributed by atoms with van der Waals surface area (Å²) in [5.41, 5.74) is 2.98. The highest BCUT2D eigenvalue weighted by atomic mass is 32.2. The molecule has 2 aromatic heterocycles. The Balaban J connectivity index is 2.14. The molecule has 3 heterocycles. The van der Waals surface area contributed by atoms with Crippen LogP contribution in [0, 0.1) is 6.92 Å². The van der Waals surface area contributed by atoms with E-state index < -0.39 is 0 Å². The number of thioether (sulfide) groups is 1. The zero-order chi connectivity index (χ0) is 16.1. The summed E-state index contributed by atoms with van der Waals surface area (Å²) in [5, 5.41) is 12.0. The fraction of sp³-hybridized carbons (Fsp3) is 0.533. The van der Waals surface area contributed by atoms with Crippen molar-refractivity contribution in [1.82, 2.24) is 19.6 Å². The fourth-order valence-electron chi connectivity index (χ4n) is 2.74. The Kier molecular flexibility index (Phi) is 3.55. The predicted molar refractivity (Wildman–Crippen MR) is 88.1 cm³/mol. The van der Waals surface area contributed by atoms with Crippen molar-refractivity contribution in [3.05, 3.63) is 29.2 Å². The molecule has 1 aliphatic rings. The quantitative estimate of drug-likeness (QED) is 0.877. The van der Waals surface area contributed by atoms with Crippen LogP contribution >= 0.6 is 11.8 Å². The van der Waals surface area contributed by atoms with Gasteiger partial charge in [-0.2, -0.15) is 10.2 Å². The minimum atomic E-state index is -0.190. The normalized spacial score (nSPS) is 18.8. The van der Waals surface area contributed by atoms with Gasteiger partial charge in [0.05, 0.1) is 28.4 Å². The summed E-state index contributed by atoms with van der Waals surface area (Å²) in [5.74, 6) is 1.25. The molecule has 118 valence electrons. The number of nitrogens with one attached hydrogen (secondary N) is 1. The van der Waals surface area contributed by atoms with Gasteiger partial charge in [0.1, 0.15) is 5.82 Å². The van der Waals surface area contributed by atoms with E-state index in [1.54, 1.807) is 11.8 Å². The van der Waals surface area contributed by atoms with Crippen LogP contribution in [0.25, 0.3) is 0 Å². The monoisotopic (exact) mass is 319 g/mol. The Bertz CT molecular complexity index is 725. The van der Waals surface area contributed by atoms with Gasteiger partial charge in [-0.3, -0.25) is 9.48 Å². The summed E-state index contributed by atoms with van der Waals surface area (Å²) in [6.07, 6.45) is 3.90. The molecule has 2 aromatic rings. The van der Waals surface area contributed by atoms with Crippen LogP contribution in [0.4, 0.5) is 5.82 Å². The number of hydrogen-bond donors (Lipinski definition) is 1. The molecule has 1 atom stereocenters. The smallest absolute Gasteiger partial charge is 0.235 e. The van der Waals surface area contributed by atoms with Gasteiger partial charge >= 0.3 is 0 Å². The largest absolute Gasteiger partial charge is 0.310 e. The Morgan fingerprint density at radius 3 is 2.68 bits per heavy atom. The second-order valence-electron chi connectivity index (χ2n) is 6.61. The second-order valence-corrected chi connectivity index (χ2v) is 7.71. The van der Waals surface area contributed by atoms with Crippen molar-refractivity contribution in [1.29, 1.82) is 0 Å². The molecule has 6 nitrogen and oxygen atoms in total. The molecular formula is C15H21N5OS. The minimum Gasteiger partial charge on any atom is -0.310 e. The second kappa shape index (κ2) is 5.15. The zero-order valence-electron chi connectivity index (χ0n) is 13.5. The molecule has 0 saturated heterocycles. The van der Waals surface area contributed by atoms with E-state index in [2.05, 4.69) is 36.3 Å². The molecule has 0 bridgehead atoms. The number of anilines is 1. The van der Waals surface area contributed by atoms with E-state index in [4.69, 9.17) is 0 Å². The van der Waals surface area contributed by atoms with Crippen molar-refractivity contribution in [2.45, 2.75) is 38.5 Å². The lowest BCUT2D eigenvalue weighted by molar-refractivity contribution is -0.113. The lowest BCUT2D eigenvalue weighted by atomic mass is 10.1. The first-order chi connectivity index (χ1) is 10.3. The average Bonchev–Trinajstić information content (AvgIpc) is 2.90. The summed E-state index contributed by atoms with van der Waals surface area (Å²) in [7, 11) is 1.92. The molecule has 22 heavy (non-hydrogen) atoms. The van der Waals surface area contributed by atoms with Crippen LogP contribution in [0.5, 0.6) is 0 Å². The Morgan fingerprint density at radius 1 is 1.36 bits per heavy atom. The van der Waals surface area contributed by atoms with Gasteiger partial charge in [0.15, 0.2) is 0 Å². The highest BCUT2D eigenvalue weighted by Gasteiger charge is 2.32. The maximum atomic E-state index is 12.1. The maximum absolute atomic E-state index is 12.1. The van der Waals surface area contributed by atoms with Crippen molar-refractivity contribution in [3.8, 4) is 0 Å². The zero-order valence-corrected chi connectivity index (χ0v) is 14.4. The molecular weight excluding hydrogens is 298 g/mol. The van der Waals surface area contributed by atoms with Crippen LogP contribution in [0.3, 0.4) is 0 Å². The number of hydrogen-bond acceptors (Lipinski definition) is 4. The predicted octanol–water partition coefficient (Wildman–Crippen LogP) is 2.45. The first kappa shape index (κ1) is 15.1. The molecule has 0 aliphatic carbocycles. The van der Waals surface area contributed by atoms with E-state index in [-0.39, 0.29) is 16.7 Å². The molecule has 3 rings (SSSR count). The SMILES string of the molecule is Cc1nn(C)cc1C1SCC(=O)Nc2c1cnn2C(C)(C)C. The number of carbonyl (C=O) groups excluding carboxylic acids is 1. The van der Waals surface area contributed by atoms with Crippen LogP contribution in [-0.2, 0) is 17.4 Å². The molecule has 0 fully saturated rings. The van der Waals surface area contributed by atoms with E-state index in [0.717, 1.165) is 22.6 Å². The van der Waals surface area contributed by atoms with Crippen LogP contribution in [0.1, 0.15) is 42.8 Å². The Hall–Kier alpha value is -1.76. The van der Waals surface area contributed by atoms with Crippen molar-refractivity contribution < 1.29 is 4.79 Å². The summed E-state index contributed by atoms with van der Waals surface area (Å²) in [6, 6.07) is 0. The van der Waals surface area contributed by atoms with Crippen molar-refractivity contribution in [3.63, 3.8) is 0 Å². The van der Waals surface area contributed by atoms with E-state index in [9.17, 15) is 4.79 Å². The van der Waals surface area contributed by atoms with Crippen LogP contribution in [-0.4, -0.2) is 31.2 Å². The highest BCUT2D eigenvalue weighted by molar-refractivity contribution is 8.00. The van der Waals surface area contributed by atoms with Crippen LogP contribution in [0.15, 0.2) is 12.4 Å². The van der Waals surface area contributed by atoms with Gasteiger partial charge < -0.3 is 5.32 Å². The van der Waals surface area contributed by atoms with Crippen molar-refractivity contribution >= 4 is 23.5 Å². The van der Waals surface area contributed by atoms with Crippen molar-refractivity contribution in [2.24, 2.45) is 7.05 Å². The number of amides is 1. The minimum absolute atomic E-state index is 0.0151. The van der Waals surface area contributed by atoms with Gasteiger partial charge in [-0.1, -0.05) is 0 Å². The number of fused-ring (bicyclic) bond motifs is 1. The molecule has 1 unspecified atom stereocenters. The third-order valence-corrected chi connectivity index (χ3v) is 4.96.